The highest BCUT2D eigenvalue weighted by Crippen LogP contribution is 2.46. The molecule has 236 valence electrons. The molecule has 46 heavy (non-hydrogen) atoms. The van der Waals surface area contributed by atoms with Crippen molar-refractivity contribution in [2.24, 2.45) is 0 Å². The second kappa shape index (κ2) is 12.1. The molecule has 2 heterocycles. The van der Waals surface area contributed by atoms with E-state index >= 15 is 0 Å². The lowest BCUT2D eigenvalue weighted by Crippen LogP contribution is -2.47. The van der Waals surface area contributed by atoms with Crippen LogP contribution in [0.5, 0.6) is 0 Å². The van der Waals surface area contributed by atoms with E-state index in [0.717, 1.165) is 101 Å². The lowest BCUT2D eigenvalue weighted by atomic mass is 9.82. The quantitative estimate of drug-likeness (QED) is 0.0622. The molecule has 0 aromatic heterocycles. The third-order valence-electron chi connectivity index (χ3n) is 10.2. The topological polar surface area (TPSA) is 95.0 Å². The molecule has 0 bridgehead atoms. The summed E-state index contributed by atoms with van der Waals surface area (Å²) in [5, 5.41) is 16.0. The van der Waals surface area contributed by atoms with Crippen LogP contribution in [0, 0.1) is 0 Å². The lowest BCUT2D eigenvalue weighted by molar-refractivity contribution is 0.0514. The summed E-state index contributed by atoms with van der Waals surface area (Å²) in [5.74, 6) is -1.26. The van der Waals surface area contributed by atoms with Crippen LogP contribution in [0.3, 0.4) is 0 Å². The number of nitrogens with zero attached hydrogens (tertiary/aromatic N) is 2. The number of fused-ring (bicyclic) bond motifs is 2. The third-order valence-corrected chi connectivity index (χ3v) is 10.2. The molecule has 0 spiro atoms. The summed E-state index contributed by atoms with van der Waals surface area (Å²) in [6.45, 7) is 4.01. The first kappa shape index (κ1) is 30.3. The predicted octanol–water partition coefficient (Wildman–Crippen LogP) is 8.23. The molecular weight excluding hydrogens is 576 g/mol. The Morgan fingerprint density at radius 1 is 0.522 bits per heavy atom. The van der Waals surface area contributed by atoms with Crippen LogP contribution in [0.25, 0.3) is 43.1 Å². The van der Waals surface area contributed by atoms with Crippen LogP contribution in [0.4, 0.5) is 0 Å². The van der Waals surface area contributed by atoms with Crippen molar-refractivity contribution >= 4 is 66.7 Å². The van der Waals surface area contributed by atoms with Gasteiger partial charge in [-0.15, -0.1) is 0 Å². The summed E-state index contributed by atoms with van der Waals surface area (Å²) in [7, 11) is 0. The number of benzene rings is 5. The van der Waals surface area contributed by atoms with Crippen molar-refractivity contribution in [1.29, 1.82) is 0 Å². The fourth-order valence-electron chi connectivity index (χ4n) is 7.99. The van der Waals surface area contributed by atoms with Gasteiger partial charge < -0.3 is 5.11 Å². The normalized spacial score (nSPS) is 14.9. The fraction of sp³-hybridized carbons (Fsp3) is 0.385. The average Bonchev–Trinajstić information content (AvgIpc) is 3.07. The first-order valence-electron chi connectivity index (χ1n) is 17.0. The van der Waals surface area contributed by atoms with Gasteiger partial charge >= 0.3 is 0 Å². The van der Waals surface area contributed by atoms with E-state index in [0.29, 0.717) is 33.0 Å². The number of carbonyl (C=O) groups is 4. The van der Waals surface area contributed by atoms with Gasteiger partial charge in [0.05, 0.1) is 13.2 Å². The van der Waals surface area contributed by atoms with E-state index < -0.39 is 11.8 Å². The van der Waals surface area contributed by atoms with Crippen molar-refractivity contribution in [3.63, 3.8) is 0 Å². The van der Waals surface area contributed by atoms with Crippen LogP contribution in [-0.2, 0) is 0 Å². The van der Waals surface area contributed by atoms with Gasteiger partial charge in [0.2, 0.25) is 0 Å². The van der Waals surface area contributed by atoms with Crippen LogP contribution in [0.15, 0.2) is 48.5 Å². The smallest absolute Gasteiger partial charge is 0.261 e. The molecule has 5 aromatic carbocycles. The largest absolute Gasteiger partial charge is 0.395 e. The molecule has 0 saturated heterocycles. The van der Waals surface area contributed by atoms with E-state index in [4.69, 9.17) is 0 Å². The molecule has 0 fully saturated rings. The molecule has 7 nitrogen and oxygen atoms in total. The summed E-state index contributed by atoms with van der Waals surface area (Å²) < 4.78 is 0. The Bertz CT molecular complexity index is 1910. The van der Waals surface area contributed by atoms with Gasteiger partial charge in [-0.2, -0.15) is 0 Å². The van der Waals surface area contributed by atoms with Crippen molar-refractivity contribution < 1.29 is 24.3 Å². The summed E-state index contributed by atoms with van der Waals surface area (Å²) in [5.41, 5.74) is 1.98. The molecule has 0 atom stereocenters. The molecule has 4 amide bonds. The summed E-state index contributed by atoms with van der Waals surface area (Å²) in [6.07, 6.45) is 10.4. The van der Waals surface area contributed by atoms with Crippen molar-refractivity contribution in [1.82, 2.24) is 9.80 Å². The van der Waals surface area contributed by atoms with Crippen LogP contribution < -0.4 is 0 Å². The zero-order valence-corrected chi connectivity index (χ0v) is 26.7. The van der Waals surface area contributed by atoms with Crippen LogP contribution >= 0.6 is 0 Å². The monoisotopic (exact) mass is 616 g/mol. The zero-order chi connectivity index (χ0) is 32.1. The maximum absolute atomic E-state index is 14.3. The number of hydrogen-bond acceptors (Lipinski definition) is 5. The molecular formula is C39H40N2O5. The Balaban J connectivity index is 1.38. The van der Waals surface area contributed by atoms with Crippen LogP contribution in [0.2, 0.25) is 0 Å². The lowest BCUT2D eigenvalue weighted by Gasteiger charge is -2.35. The molecule has 2 aliphatic heterocycles. The molecule has 0 aliphatic carbocycles. The first-order valence-corrected chi connectivity index (χ1v) is 17.0. The second-order valence-corrected chi connectivity index (χ2v) is 13.0. The van der Waals surface area contributed by atoms with Crippen molar-refractivity contribution in [2.75, 3.05) is 13.2 Å². The molecule has 0 radical (unpaired) electrons. The van der Waals surface area contributed by atoms with Gasteiger partial charge in [-0.25, -0.2) is 0 Å². The number of β-amino-alcohol motifs (C(OH)–C–C–N with tert-alkyl or cyclic N) is 1. The highest BCUT2D eigenvalue weighted by Gasteiger charge is 2.39. The molecule has 2 aliphatic rings. The first-order chi connectivity index (χ1) is 22.4. The number of hydrogen-bond donors (Lipinski definition) is 1. The van der Waals surface area contributed by atoms with Crippen LogP contribution in [0.1, 0.15) is 119 Å². The Kier molecular flexibility index (Phi) is 7.97. The van der Waals surface area contributed by atoms with E-state index in [1.165, 1.54) is 0 Å². The standard InChI is InChI=1S/C39H40N2O5/c1-3-5-7-9-11-23(12-10-8-6-4-2)41-38(45)30-19-15-26-24-13-17-28-34-29(37(44)40(21-22-42)36(28)43)18-14-25(32(24)34)27-16-20-31(39(41)46)35(30)33(26)27/h13-20,23,42H,3-12,21-22H2,1-2H3. The van der Waals surface area contributed by atoms with Gasteiger partial charge in [0.1, 0.15) is 0 Å². The second-order valence-electron chi connectivity index (χ2n) is 13.0. The summed E-state index contributed by atoms with van der Waals surface area (Å²) in [6, 6.07) is 14.8. The highest BCUT2D eigenvalue weighted by molar-refractivity contribution is 6.41. The van der Waals surface area contributed by atoms with Gasteiger partial charge in [0.25, 0.3) is 23.6 Å². The molecule has 7 heteroatoms. The summed E-state index contributed by atoms with van der Waals surface area (Å²) in [4.78, 5) is 58.0. The fourth-order valence-corrected chi connectivity index (χ4v) is 7.99. The Morgan fingerprint density at radius 3 is 1.28 bits per heavy atom. The van der Waals surface area contributed by atoms with E-state index in [9.17, 15) is 24.3 Å². The number of aliphatic hydroxyl groups is 1. The number of carbonyl (C=O) groups excluding carboxylic acids is 4. The minimum absolute atomic E-state index is 0.0623. The van der Waals surface area contributed by atoms with Crippen molar-refractivity contribution in [3.05, 3.63) is 70.8 Å². The number of amides is 4. The van der Waals surface area contributed by atoms with Gasteiger partial charge in [0, 0.05) is 39.1 Å². The molecule has 0 unspecified atom stereocenters. The number of unbranched alkanes of at least 4 members (excludes halogenated alkanes) is 6. The Hall–Kier alpha value is -4.36. The minimum atomic E-state index is -0.415. The van der Waals surface area contributed by atoms with Gasteiger partial charge in [-0.05, 0) is 69.4 Å². The van der Waals surface area contributed by atoms with Gasteiger partial charge in [0.15, 0.2) is 0 Å². The maximum atomic E-state index is 14.3. The molecule has 5 aromatic rings. The third kappa shape index (κ3) is 4.50. The van der Waals surface area contributed by atoms with E-state index in [2.05, 4.69) is 13.8 Å². The van der Waals surface area contributed by atoms with Gasteiger partial charge in [-0.1, -0.05) is 89.5 Å². The predicted molar refractivity (Wildman–Crippen MR) is 182 cm³/mol. The minimum Gasteiger partial charge on any atom is -0.395 e. The van der Waals surface area contributed by atoms with E-state index in [-0.39, 0.29) is 31.0 Å². The number of imide groups is 2. The van der Waals surface area contributed by atoms with Crippen molar-refractivity contribution in [2.45, 2.75) is 84.1 Å². The molecule has 0 saturated carbocycles. The average molecular weight is 617 g/mol. The van der Waals surface area contributed by atoms with Crippen LogP contribution in [-0.4, -0.2) is 57.7 Å². The number of rotatable bonds is 13. The molecule has 7 rings (SSSR count). The Morgan fingerprint density at radius 2 is 0.913 bits per heavy atom. The SMILES string of the molecule is CCCCCCC(CCCCCC)N1C(=O)c2ccc3c4ccc5c6c(ccc(c7ccc(c2c37)C1=O)c64)C(=O)N(CCO)C5=O. The summed E-state index contributed by atoms with van der Waals surface area (Å²) >= 11 is 0. The van der Waals surface area contributed by atoms with E-state index in [1.807, 2.05) is 36.4 Å². The maximum Gasteiger partial charge on any atom is 0.261 e. The van der Waals surface area contributed by atoms with Crippen molar-refractivity contribution in [3.8, 4) is 0 Å². The van der Waals surface area contributed by atoms with Gasteiger partial charge in [-0.3, -0.25) is 29.0 Å². The van der Waals surface area contributed by atoms with E-state index in [1.54, 1.807) is 17.0 Å². The number of aliphatic hydroxyl groups excluding tert-OH is 1. The zero-order valence-electron chi connectivity index (χ0n) is 26.7. The highest BCUT2D eigenvalue weighted by atomic mass is 16.3. The Labute approximate surface area is 268 Å². The molecule has 1 N–H and O–H groups in total.